The van der Waals surface area contributed by atoms with Crippen molar-refractivity contribution in [3.8, 4) is 6.07 Å². The van der Waals surface area contributed by atoms with E-state index in [1.54, 1.807) is 12.1 Å². The summed E-state index contributed by atoms with van der Waals surface area (Å²) in [7, 11) is 0. The largest absolute Gasteiger partial charge is 0.207 e. The van der Waals surface area contributed by atoms with Crippen LogP contribution in [0.25, 0.3) is 0 Å². The van der Waals surface area contributed by atoms with E-state index >= 15 is 0 Å². The molecule has 1 aliphatic rings. The van der Waals surface area contributed by atoms with E-state index in [0.29, 0.717) is 5.56 Å². The highest BCUT2D eigenvalue weighted by Gasteiger charge is 2.39. The van der Waals surface area contributed by atoms with Crippen molar-refractivity contribution < 1.29 is 4.39 Å². The lowest BCUT2D eigenvalue weighted by Gasteiger charge is -1.97. The van der Waals surface area contributed by atoms with Gasteiger partial charge in [0.05, 0.1) is 12.0 Å². The predicted molar refractivity (Wildman–Crippen MR) is 42.9 cm³/mol. The van der Waals surface area contributed by atoms with Crippen LogP contribution in [0, 0.1) is 23.1 Å². The molecule has 0 aliphatic heterocycles. The highest BCUT2D eigenvalue weighted by Crippen LogP contribution is 2.47. The minimum absolute atomic E-state index is 0.0434. The Balaban J connectivity index is 2.26. The Hall–Kier alpha value is -1.36. The summed E-state index contributed by atoms with van der Waals surface area (Å²) >= 11 is 0. The van der Waals surface area contributed by atoms with Gasteiger partial charge in [-0.15, -0.1) is 0 Å². The van der Waals surface area contributed by atoms with Crippen LogP contribution in [0.1, 0.15) is 17.9 Å². The number of benzene rings is 1. The van der Waals surface area contributed by atoms with Crippen LogP contribution in [-0.4, -0.2) is 0 Å². The van der Waals surface area contributed by atoms with E-state index in [9.17, 15) is 4.39 Å². The van der Waals surface area contributed by atoms with Crippen LogP contribution < -0.4 is 0 Å². The summed E-state index contributed by atoms with van der Waals surface area (Å²) in [4.78, 5) is 0. The predicted octanol–water partition coefficient (Wildman–Crippen LogP) is 2.45. The van der Waals surface area contributed by atoms with Crippen LogP contribution in [0.3, 0.4) is 0 Å². The van der Waals surface area contributed by atoms with Gasteiger partial charge in [-0.3, -0.25) is 0 Å². The fraction of sp³-hybridized carbons (Fsp3) is 0.300. The van der Waals surface area contributed by atoms with Crippen LogP contribution in [-0.2, 0) is 0 Å². The van der Waals surface area contributed by atoms with E-state index < -0.39 is 0 Å². The Morgan fingerprint density at radius 3 is 2.75 bits per heavy atom. The van der Waals surface area contributed by atoms with Gasteiger partial charge in [-0.25, -0.2) is 4.39 Å². The van der Waals surface area contributed by atoms with Crippen molar-refractivity contribution in [2.45, 2.75) is 12.3 Å². The van der Waals surface area contributed by atoms with Crippen molar-refractivity contribution in [2.75, 3.05) is 0 Å². The zero-order chi connectivity index (χ0) is 8.55. The fourth-order valence-electron chi connectivity index (χ4n) is 1.46. The number of nitriles is 1. The number of hydrogen-bond acceptors (Lipinski definition) is 1. The standard InChI is InChI=1S/C10H8FN/c11-10-4-2-1-3-8(10)9-5-7(9)6-12/h1-4,7,9H,5H2. The quantitative estimate of drug-likeness (QED) is 0.620. The molecule has 1 nitrogen and oxygen atoms in total. The van der Waals surface area contributed by atoms with E-state index in [-0.39, 0.29) is 17.7 Å². The molecule has 1 aliphatic carbocycles. The highest BCUT2D eigenvalue weighted by molar-refractivity contribution is 5.30. The molecule has 12 heavy (non-hydrogen) atoms. The summed E-state index contributed by atoms with van der Waals surface area (Å²) in [5, 5.41) is 8.56. The molecule has 1 aromatic carbocycles. The minimum atomic E-state index is -0.180. The number of rotatable bonds is 1. The van der Waals surface area contributed by atoms with Crippen LogP contribution in [0.15, 0.2) is 24.3 Å². The van der Waals surface area contributed by atoms with Crippen molar-refractivity contribution >= 4 is 0 Å². The van der Waals surface area contributed by atoms with Gasteiger partial charge in [0.25, 0.3) is 0 Å². The average molecular weight is 161 g/mol. The van der Waals surface area contributed by atoms with Crippen molar-refractivity contribution in [3.05, 3.63) is 35.6 Å². The molecule has 2 heteroatoms. The topological polar surface area (TPSA) is 23.8 Å². The van der Waals surface area contributed by atoms with E-state index in [2.05, 4.69) is 6.07 Å². The third-order valence-electron chi connectivity index (χ3n) is 2.26. The molecule has 2 unspecified atom stereocenters. The monoisotopic (exact) mass is 161 g/mol. The fourth-order valence-corrected chi connectivity index (χ4v) is 1.46. The Morgan fingerprint density at radius 2 is 2.17 bits per heavy atom. The van der Waals surface area contributed by atoms with Crippen molar-refractivity contribution in [1.29, 1.82) is 5.26 Å². The van der Waals surface area contributed by atoms with E-state index in [1.165, 1.54) is 6.07 Å². The zero-order valence-electron chi connectivity index (χ0n) is 6.50. The maximum absolute atomic E-state index is 13.1. The molecule has 0 saturated heterocycles. The summed E-state index contributed by atoms with van der Waals surface area (Å²) in [6.07, 6.45) is 0.817. The van der Waals surface area contributed by atoms with Gasteiger partial charge in [-0.05, 0) is 18.1 Å². The average Bonchev–Trinajstić information content (AvgIpc) is 2.84. The van der Waals surface area contributed by atoms with Crippen molar-refractivity contribution in [1.82, 2.24) is 0 Å². The zero-order valence-corrected chi connectivity index (χ0v) is 6.50. The van der Waals surface area contributed by atoms with Gasteiger partial charge < -0.3 is 0 Å². The molecule has 2 rings (SSSR count). The number of hydrogen-bond donors (Lipinski definition) is 0. The SMILES string of the molecule is N#CC1CC1c1ccccc1F. The summed E-state index contributed by atoms with van der Waals surface area (Å²) in [6, 6.07) is 8.84. The molecule has 0 amide bonds. The first kappa shape index (κ1) is 7.30. The van der Waals surface area contributed by atoms with Crippen LogP contribution in [0.4, 0.5) is 4.39 Å². The smallest absolute Gasteiger partial charge is 0.126 e. The molecule has 1 fully saturated rings. The lowest BCUT2D eigenvalue weighted by molar-refractivity contribution is 0.609. The summed E-state index contributed by atoms with van der Waals surface area (Å²) in [6.45, 7) is 0. The molecule has 60 valence electrons. The Labute approximate surface area is 70.4 Å². The normalized spacial score (nSPS) is 26.3. The van der Waals surface area contributed by atoms with Gasteiger partial charge in [-0.1, -0.05) is 18.2 Å². The lowest BCUT2D eigenvalue weighted by Crippen LogP contribution is -1.86. The van der Waals surface area contributed by atoms with Gasteiger partial charge >= 0.3 is 0 Å². The molecule has 2 atom stereocenters. The van der Waals surface area contributed by atoms with E-state index in [4.69, 9.17) is 5.26 Å². The maximum Gasteiger partial charge on any atom is 0.126 e. The Bertz CT molecular complexity index is 340. The van der Waals surface area contributed by atoms with Crippen molar-refractivity contribution in [3.63, 3.8) is 0 Å². The first-order chi connectivity index (χ1) is 5.83. The van der Waals surface area contributed by atoms with Gasteiger partial charge in [0.15, 0.2) is 0 Å². The van der Waals surface area contributed by atoms with Gasteiger partial charge in [0, 0.05) is 5.92 Å². The van der Waals surface area contributed by atoms with Gasteiger partial charge in [0.2, 0.25) is 0 Å². The Morgan fingerprint density at radius 1 is 1.42 bits per heavy atom. The van der Waals surface area contributed by atoms with Gasteiger partial charge in [0.1, 0.15) is 5.82 Å². The second kappa shape index (κ2) is 2.60. The third-order valence-corrected chi connectivity index (χ3v) is 2.26. The summed E-state index contributed by atoms with van der Waals surface area (Å²) in [5.41, 5.74) is 0.698. The van der Waals surface area contributed by atoms with Crippen LogP contribution >= 0.6 is 0 Å². The lowest BCUT2D eigenvalue weighted by atomic mass is 10.1. The van der Waals surface area contributed by atoms with Crippen molar-refractivity contribution in [2.24, 2.45) is 5.92 Å². The second-order valence-electron chi connectivity index (χ2n) is 3.10. The number of nitrogens with zero attached hydrogens (tertiary/aromatic N) is 1. The highest BCUT2D eigenvalue weighted by atomic mass is 19.1. The molecule has 0 spiro atoms. The molecular formula is C10H8FN. The van der Waals surface area contributed by atoms with E-state index in [0.717, 1.165) is 6.42 Å². The summed E-state index contributed by atoms with van der Waals surface area (Å²) < 4.78 is 13.1. The van der Waals surface area contributed by atoms with Gasteiger partial charge in [-0.2, -0.15) is 5.26 Å². The first-order valence-corrected chi connectivity index (χ1v) is 3.97. The Kier molecular flexibility index (Phi) is 1.58. The van der Waals surface area contributed by atoms with Crippen LogP contribution in [0.2, 0.25) is 0 Å². The molecule has 0 heterocycles. The molecular weight excluding hydrogens is 153 g/mol. The number of halogens is 1. The molecule has 0 N–H and O–H groups in total. The molecule has 0 radical (unpaired) electrons. The minimum Gasteiger partial charge on any atom is -0.207 e. The van der Waals surface area contributed by atoms with Crippen LogP contribution in [0.5, 0.6) is 0 Å². The molecule has 1 aromatic rings. The molecule has 0 bridgehead atoms. The van der Waals surface area contributed by atoms with E-state index in [1.807, 2.05) is 6.07 Å². The first-order valence-electron chi connectivity index (χ1n) is 3.97. The summed E-state index contributed by atoms with van der Waals surface area (Å²) in [5.74, 6) is 0.0124. The maximum atomic E-state index is 13.1. The second-order valence-corrected chi connectivity index (χ2v) is 3.10. The third kappa shape index (κ3) is 1.08. The molecule has 1 saturated carbocycles. The molecule has 0 aromatic heterocycles.